The molecular formula is C59H73N8O8P. The zero-order valence-electron chi connectivity index (χ0n) is 45.2. The highest BCUT2D eigenvalue weighted by Gasteiger charge is 2.38. The molecule has 0 saturated carbocycles. The summed E-state index contributed by atoms with van der Waals surface area (Å²) in [5.41, 5.74) is 9.20. The Kier molecular flexibility index (Phi) is 19.6. The van der Waals surface area contributed by atoms with E-state index in [1.807, 2.05) is 17.0 Å². The van der Waals surface area contributed by atoms with Gasteiger partial charge >= 0.3 is 7.60 Å². The van der Waals surface area contributed by atoms with Gasteiger partial charge in [-0.25, -0.2) is 0 Å². The van der Waals surface area contributed by atoms with E-state index in [9.17, 15) is 19.8 Å². The van der Waals surface area contributed by atoms with Crippen LogP contribution in [0.4, 0.5) is 45.5 Å². The third-order valence-electron chi connectivity index (χ3n) is 13.8. The quantitative estimate of drug-likeness (QED) is 0.0147. The number of anilines is 3. The summed E-state index contributed by atoms with van der Waals surface area (Å²) < 4.78 is 36.2. The van der Waals surface area contributed by atoms with Crippen LogP contribution in [0.2, 0.25) is 0 Å². The maximum Gasteiger partial charge on any atom is 0.327 e. The summed E-state index contributed by atoms with van der Waals surface area (Å²) in [7, 11) is -0.362. The maximum absolute atomic E-state index is 13.4. The zero-order valence-corrected chi connectivity index (χ0v) is 46.1. The first kappa shape index (κ1) is 56.8. The summed E-state index contributed by atoms with van der Waals surface area (Å²) in [6, 6.07) is 34.1. The number of non-ortho nitro benzene ring substituents is 1. The first-order chi connectivity index (χ1) is 36.6. The molecule has 0 fully saturated rings. The van der Waals surface area contributed by atoms with Gasteiger partial charge in [0, 0.05) is 85.3 Å². The molecule has 0 saturated heterocycles. The van der Waals surface area contributed by atoms with E-state index in [-0.39, 0.29) is 29.7 Å². The molecule has 0 bridgehead atoms. The molecule has 0 aromatic heterocycles. The molecule has 7 rings (SSSR count). The van der Waals surface area contributed by atoms with Crippen molar-refractivity contribution >= 4 is 53.1 Å². The lowest BCUT2D eigenvalue weighted by atomic mass is 9.74. The molecule has 2 aliphatic rings. The molecule has 17 heteroatoms. The summed E-state index contributed by atoms with van der Waals surface area (Å²) in [6.07, 6.45) is 15.8. The number of methoxy groups -OCH3 is 2. The highest BCUT2D eigenvalue weighted by atomic mass is 31.2. The molecule has 76 heavy (non-hydrogen) atoms. The van der Waals surface area contributed by atoms with Gasteiger partial charge in [0.05, 0.1) is 56.4 Å². The lowest BCUT2D eigenvalue weighted by Crippen LogP contribution is -2.49. The molecule has 2 unspecified atom stereocenters. The topological polar surface area (TPSA) is 177 Å². The molecule has 2 heterocycles. The van der Waals surface area contributed by atoms with Gasteiger partial charge in [-0.3, -0.25) is 14.7 Å². The van der Waals surface area contributed by atoms with Crippen molar-refractivity contribution in [3.63, 3.8) is 0 Å². The number of aliphatic hydroxyl groups excluding tert-OH is 1. The Morgan fingerprint density at radius 3 is 1.95 bits per heavy atom. The smallest absolute Gasteiger partial charge is 0.327 e. The van der Waals surface area contributed by atoms with Gasteiger partial charge in [-0.05, 0) is 110 Å². The number of unbranched alkanes of at least 4 members (excludes halogenated alkanes) is 2. The van der Waals surface area contributed by atoms with E-state index in [4.69, 9.17) is 18.5 Å². The number of hydrogen-bond acceptors (Lipinski definition) is 15. The number of fused-ring (bicyclic) bond motifs is 2. The minimum Gasteiger partial charge on any atom is -0.494 e. The summed E-state index contributed by atoms with van der Waals surface area (Å²) in [5.74, 6) is 0.738. The molecule has 402 valence electrons. The first-order valence-electron chi connectivity index (χ1n) is 26.0. The van der Waals surface area contributed by atoms with Crippen LogP contribution in [0.3, 0.4) is 0 Å². The number of nitrogens with zero attached hydrogens (tertiary/aromatic N) is 8. The van der Waals surface area contributed by atoms with Gasteiger partial charge in [0.15, 0.2) is 0 Å². The zero-order chi connectivity index (χ0) is 54.3. The van der Waals surface area contributed by atoms with Crippen molar-refractivity contribution in [2.75, 3.05) is 81.6 Å². The maximum atomic E-state index is 13.4. The van der Waals surface area contributed by atoms with Crippen molar-refractivity contribution in [3.8, 4) is 11.5 Å². The predicted octanol–water partition coefficient (Wildman–Crippen LogP) is 14.8. The lowest BCUT2D eigenvalue weighted by molar-refractivity contribution is -0.384. The average molecular weight is 1050 g/mol. The van der Waals surface area contributed by atoms with Crippen LogP contribution < -0.4 is 24.2 Å². The Hall–Kier alpha value is -6.97. The molecule has 2 aliphatic heterocycles. The molecule has 16 nitrogen and oxygen atoms in total. The molecule has 2 atom stereocenters. The number of nitro groups is 1. The van der Waals surface area contributed by atoms with Gasteiger partial charge in [-0.1, -0.05) is 88.4 Å². The minimum atomic E-state index is -3.35. The van der Waals surface area contributed by atoms with Crippen LogP contribution in [0.1, 0.15) is 65.0 Å². The highest BCUT2D eigenvalue weighted by molar-refractivity contribution is 7.52. The second-order valence-electron chi connectivity index (χ2n) is 20.3. The van der Waals surface area contributed by atoms with Gasteiger partial charge in [-0.2, -0.15) is 10.2 Å². The predicted molar refractivity (Wildman–Crippen MR) is 304 cm³/mol. The molecule has 5 aromatic rings. The van der Waals surface area contributed by atoms with Crippen molar-refractivity contribution < 1.29 is 33.1 Å². The molecule has 0 amide bonds. The summed E-state index contributed by atoms with van der Waals surface area (Å²) >= 11 is 0. The van der Waals surface area contributed by atoms with Crippen molar-refractivity contribution in [2.24, 2.45) is 31.3 Å². The number of para-hydroxylation sites is 2. The van der Waals surface area contributed by atoms with E-state index in [0.29, 0.717) is 60.0 Å². The third kappa shape index (κ3) is 14.7. The Morgan fingerprint density at radius 2 is 1.34 bits per heavy atom. The van der Waals surface area contributed by atoms with E-state index < -0.39 is 12.5 Å². The normalized spacial score (nSPS) is 17.4. The fourth-order valence-corrected chi connectivity index (χ4v) is 10.9. The highest BCUT2D eigenvalue weighted by Crippen LogP contribution is 2.46. The van der Waals surface area contributed by atoms with Crippen LogP contribution in [-0.4, -0.2) is 83.0 Å². The summed E-state index contributed by atoms with van der Waals surface area (Å²) in [5, 5.41) is 38.1. The lowest BCUT2D eigenvalue weighted by Gasteiger charge is -2.47. The Morgan fingerprint density at radius 1 is 0.750 bits per heavy atom. The number of ether oxygens (including phenoxy) is 2. The molecule has 5 aromatic carbocycles. The van der Waals surface area contributed by atoms with Gasteiger partial charge in [0.25, 0.3) is 5.69 Å². The number of allylic oxidation sites excluding steroid dienone is 5. The molecule has 0 radical (unpaired) electrons. The number of azo groups is 2. The monoisotopic (exact) mass is 1050 g/mol. The van der Waals surface area contributed by atoms with E-state index in [2.05, 4.69) is 144 Å². The van der Waals surface area contributed by atoms with Crippen LogP contribution in [0.5, 0.6) is 11.5 Å². The van der Waals surface area contributed by atoms with E-state index in [1.165, 1.54) is 73.3 Å². The fraction of sp³-hybridized carbons (Fsp3) is 0.390. The van der Waals surface area contributed by atoms with Gasteiger partial charge in [0.2, 0.25) is 0 Å². The van der Waals surface area contributed by atoms with Gasteiger partial charge in [0.1, 0.15) is 22.9 Å². The minimum absolute atomic E-state index is 0.0473. The van der Waals surface area contributed by atoms with Crippen molar-refractivity contribution in [1.82, 2.24) is 0 Å². The fourth-order valence-electron chi connectivity index (χ4n) is 10.0. The summed E-state index contributed by atoms with van der Waals surface area (Å²) in [4.78, 5) is 17.5. The van der Waals surface area contributed by atoms with Crippen LogP contribution >= 0.6 is 7.60 Å². The van der Waals surface area contributed by atoms with Crippen molar-refractivity contribution in [2.45, 2.75) is 72.8 Å². The molecule has 0 aliphatic carbocycles. The third-order valence-corrected chi connectivity index (χ3v) is 15.1. The van der Waals surface area contributed by atoms with E-state index >= 15 is 0 Å². The number of hydrogen-bond donors (Lipinski definition) is 1. The summed E-state index contributed by atoms with van der Waals surface area (Å²) in [6.45, 7) is 16.0. The Labute approximate surface area is 448 Å². The standard InChI is InChI=1S/C59H73N8O8P/c1-9-65-52-22-16-14-20-44(52)42-58(2,3)56(65)24-12-10-13-25-57-59(4,5)43-45-21-15-17-23-53(45)66(57)34-18-11-19-38-74-76(8,71)75-39-36-64(35-37-68)48-30-26-46(27-31-48)60-62-50-40-55(73-7)51(41-54(50)72-6)63-61-47-28-32-49(33-29-47)67(69)70/h10,12-17,20-33,40-41,56,68H,9,11,18-19,34-39,42-43H2,1-8H3/b13-10+,24-12+,57-25+,62-60?,63-61?. The molecular weight excluding hydrogens is 980 g/mol. The second kappa shape index (κ2) is 26.2. The van der Waals surface area contributed by atoms with Crippen LogP contribution in [0.15, 0.2) is 166 Å². The van der Waals surface area contributed by atoms with Crippen LogP contribution in [-0.2, 0) is 26.5 Å². The van der Waals surface area contributed by atoms with Crippen molar-refractivity contribution in [3.05, 3.63) is 167 Å². The number of aliphatic hydroxyl groups is 1. The Bertz CT molecular complexity index is 2960. The number of nitro benzene ring substituents is 1. The average Bonchev–Trinajstić information content (AvgIpc) is 3.41. The van der Waals surface area contributed by atoms with Gasteiger partial charge < -0.3 is 38.3 Å². The van der Waals surface area contributed by atoms with E-state index in [0.717, 1.165) is 50.9 Å². The largest absolute Gasteiger partial charge is 0.494 e. The number of benzene rings is 5. The van der Waals surface area contributed by atoms with E-state index in [1.54, 1.807) is 24.3 Å². The number of likely N-dealkylation sites (N-methyl/N-ethyl adjacent to an activating group) is 1. The van der Waals surface area contributed by atoms with Crippen LogP contribution in [0.25, 0.3) is 0 Å². The SMILES string of the molecule is CCN1c2ccccc2CC(C)(C)C1/C=C/C=C/C=C1/N(CCCCCOP(C)(=O)OCCN(CCO)c2ccc(N=Nc3cc(OC)c(N=Nc4ccc([N+](=O)[O-])cc4)cc3OC)cc2)c2ccccc2CC1(C)C. The second-order valence-corrected chi connectivity index (χ2v) is 22.3. The van der Waals surface area contributed by atoms with Crippen molar-refractivity contribution in [1.29, 1.82) is 0 Å². The van der Waals surface area contributed by atoms with Crippen LogP contribution in [0, 0.1) is 20.9 Å². The first-order valence-corrected chi connectivity index (χ1v) is 28.0. The number of rotatable bonds is 25. The van der Waals surface area contributed by atoms with Gasteiger partial charge in [-0.15, -0.1) is 10.2 Å². The molecule has 0 spiro atoms. The Balaban J connectivity index is 0.887. The molecule has 1 N–H and O–H groups in total.